The van der Waals surface area contributed by atoms with E-state index in [2.05, 4.69) is 15.7 Å². The van der Waals surface area contributed by atoms with Gasteiger partial charge in [-0.05, 0) is 54.4 Å². The highest BCUT2D eigenvalue weighted by Gasteiger charge is 2.58. The number of ether oxygens (including phenoxy) is 2. The Hall–Kier alpha value is -4.80. The third-order valence-electron chi connectivity index (χ3n) is 6.67. The number of rotatable bonds is 11. The van der Waals surface area contributed by atoms with Crippen LogP contribution in [0.25, 0.3) is 22.2 Å². The van der Waals surface area contributed by atoms with Crippen LogP contribution in [-0.2, 0) is 16.8 Å². The highest BCUT2D eigenvalue weighted by molar-refractivity contribution is 5.88. The Labute approximate surface area is 261 Å². The topological polar surface area (TPSA) is 111 Å². The lowest BCUT2D eigenvalue weighted by Crippen LogP contribution is -2.50. The third-order valence-corrected chi connectivity index (χ3v) is 6.67. The van der Waals surface area contributed by atoms with Crippen LogP contribution in [-0.4, -0.2) is 54.3 Å². The van der Waals surface area contributed by atoms with Crippen LogP contribution >= 0.6 is 0 Å². The molecule has 8 nitrogen and oxygen atoms in total. The zero-order chi connectivity index (χ0) is 35.1. The molecule has 2 aromatic carbocycles. The number of fused-ring (bicyclic) bond motifs is 1. The first kappa shape index (κ1) is 36.7. The number of benzene rings is 2. The molecule has 3 N–H and O–H groups in total. The number of alkyl halides is 7. The largest absolute Gasteiger partial charge is 0.494 e. The van der Waals surface area contributed by atoms with E-state index in [1.165, 1.54) is 6.92 Å². The second-order valence-corrected chi connectivity index (χ2v) is 9.71. The number of halogens is 9. The first-order chi connectivity index (χ1) is 22.1. The lowest BCUT2D eigenvalue weighted by atomic mass is 9.94. The molecular weight excluding hydrogens is 651 g/mol. The summed E-state index contributed by atoms with van der Waals surface area (Å²) in [5.74, 6) is -1.19. The van der Waals surface area contributed by atoms with Gasteiger partial charge in [0.2, 0.25) is 12.0 Å². The molecule has 17 heteroatoms. The summed E-state index contributed by atoms with van der Waals surface area (Å²) in [6.07, 6.45) is -10.4. The molecule has 0 radical (unpaired) electrons. The molecule has 0 aliphatic carbocycles. The number of aryl methyl sites for hydroxylation is 1. The van der Waals surface area contributed by atoms with Crippen LogP contribution in [0, 0.1) is 5.82 Å². The smallest absolute Gasteiger partial charge is 0.424 e. The van der Waals surface area contributed by atoms with Crippen molar-refractivity contribution >= 4 is 23.0 Å². The Balaban J connectivity index is 0.00000192. The number of carbonyl (C=O) groups is 1. The van der Waals surface area contributed by atoms with Gasteiger partial charge in [0.15, 0.2) is 0 Å². The highest BCUT2D eigenvalue weighted by Crippen LogP contribution is 2.44. The van der Waals surface area contributed by atoms with E-state index >= 15 is 4.48 Å². The lowest BCUT2D eigenvalue weighted by molar-refractivity contribution is -0.265. The van der Waals surface area contributed by atoms with Gasteiger partial charge >= 0.3 is 6.18 Å². The second kappa shape index (κ2) is 15.2. The lowest BCUT2D eigenvalue weighted by Gasteiger charge is -2.33. The van der Waals surface area contributed by atoms with E-state index in [1.54, 1.807) is 0 Å². The SMILES string of the molecule is CCc1cc([C@@](O)(CN(F)c2cc(OC)c3ncc(C(F)F)cc3c2)C(F)(F)F)nc(-c2ccc(F)cc2)c1OCC(F)F.NC=O. The van der Waals surface area contributed by atoms with Crippen LogP contribution in [0.4, 0.5) is 45.3 Å². The first-order valence-electron chi connectivity index (χ1n) is 13.4. The van der Waals surface area contributed by atoms with E-state index in [0.717, 1.165) is 61.8 Å². The summed E-state index contributed by atoms with van der Waals surface area (Å²) >= 11 is 0. The Bertz CT molecular complexity index is 1670. The standard InChI is InChI=1S/C29H24F9N3O3.CH3NO/c1-3-15-10-22(40-25(26(15)44-13-23(31)32)16-4-6-19(30)7-5-16)28(42,29(35,36)37)14-41(38)20-9-17-8-18(27(33)34)12-39-24(17)21(11-20)43-2;2-1-3/h4-12,23,27,42H,3,13-14H2,1-2H3;1H,(H2,2,3)/t28-;/m0./s1. The van der Waals surface area contributed by atoms with Crippen molar-refractivity contribution in [3.8, 4) is 22.8 Å². The molecule has 4 aromatic rings. The molecule has 2 aromatic heterocycles. The fourth-order valence-electron chi connectivity index (χ4n) is 4.41. The van der Waals surface area contributed by atoms with Crippen molar-refractivity contribution in [3.05, 3.63) is 77.4 Å². The molecule has 0 saturated carbocycles. The van der Waals surface area contributed by atoms with E-state index in [0.29, 0.717) is 0 Å². The molecule has 0 unspecified atom stereocenters. The molecule has 254 valence electrons. The fraction of sp³-hybridized carbons (Fsp3) is 0.300. The Morgan fingerprint density at radius 1 is 1.06 bits per heavy atom. The summed E-state index contributed by atoms with van der Waals surface area (Å²) < 4.78 is 136. The van der Waals surface area contributed by atoms with Gasteiger partial charge in [0, 0.05) is 28.8 Å². The predicted molar refractivity (Wildman–Crippen MR) is 152 cm³/mol. The zero-order valence-electron chi connectivity index (χ0n) is 24.5. The van der Waals surface area contributed by atoms with Gasteiger partial charge in [-0.15, -0.1) is 0 Å². The molecule has 1 amide bonds. The number of nitrogens with two attached hydrogens (primary N) is 1. The van der Waals surface area contributed by atoms with E-state index in [9.17, 15) is 40.2 Å². The number of carbonyl (C=O) groups excluding carboxylic acids is 1. The summed E-state index contributed by atoms with van der Waals surface area (Å²) in [6, 6.07) is 7.77. The summed E-state index contributed by atoms with van der Waals surface area (Å²) in [4.78, 5) is 16.3. The van der Waals surface area contributed by atoms with Gasteiger partial charge < -0.3 is 20.3 Å². The van der Waals surface area contributed by atoms with Crippen LogP contribution in [0.1, 0.15) is 30.2 Å². The number of amides is 1. The minimum absolute atomic E-state index is 0.0257. The molecule has 0 fully saturated rings. The summed E-state index contributed by atoms with van der Waals surface area (Å²) in [5, 5.41) is 10.6. The van der Waals surface area contributed by atoms with E-state index in [-0.39, 0.29) is 46.4 Å². The van der Waals surface area contributed by atoms with Crippen LogP contribution in [0.3, 0.4) is 0 Å². The summed E-state index contributed by atoms with van der Waals surface area (Å²) in [7, 11) is 1.15. The van der Waals surface area contributed by atoms with Gasteiger partial charge in [0.25, 0.3) is 12.9 Å². The molecule has 0 saturated heterocycles. The number of hydrogen-bond donors (Lipinski definition) is 2. The summed E-state index contributed by atoms with van der Waals surface area (Å²) in [5.41, 5.74) is -2.61. The number of primary amides is 1. The Kier molecular flexibility index (Phi) is 11.9. The van der Waals surface area contributed by atoms with E-state index in [4.69, 9.17) is 14.3 Å². The molecule has 0 aliphatic heterocycles. The highest BCUT2D eigenvalue weighted by atomic mass is 19.4. The Morgan fingerprint density at radius 3 is 2.23 bits per heavy atom. The van der Waals surface area contributed by atoms with E-state index in [1.807, 2.05) is 0 Å². The third kappa shape index (κ3) is 8.33. The van der Waals surface area contributed by atoms with Crippen LogP contribution in [0.2, 0.25) is 0 Å². The van der Waals surface area contributed by atoms with Crippen molar-refractivity contribution in [2.24, 2.45) is 5.73 Å². The summed E-state index contributed by atoms with van der Waals surface area (Å²) in [6.45, 7) is -1.47. The minimum atomic E-state index is -5.56. The van der Waals surface area contributed by atoms with Gasteiger partial charge in [-0.1, -0.05) is 11.4 Å². The van der Waals surface area contributed by atoms with Crippen molar-refractivity contribution in [3.63, 3.8) is 0 Å². The van der Waals surface area contributed by atoms with Gasteiger partial charge in [0.05, 0.1) is 25.0 Å². The Morgan fingerprint density at radius 2 is 1.70 bits per heavy atom. The molecule has 47 heavy (non-hydrogen) atoms. The number of aliphatic hydroxyl groups is 1. The molecule has 4 rings (SSSR count). The van der Waals surface area contributed by atoms with Crippen molar-refractivity contribution in [2.45, 2.75) is 38.0 Å². The van der Waals surface area contributed by atoms with Gasteiger partial charge in [0.1, 0.15) is 35.1 Å². The quantitative estimate of drug-likeness (QED) is 0.102. The first-order valence-corrected chi connectivity index (χ1v) is 13.4. The normalized spacial score (nSPS) is 12.8. The number of anilines is 1. The molecule has 1 atom stereocenters. The maximum Gasteiger partial charge on any atom is 0.424 e. The van der Waals surface area contributed by atoms with Crippen molar-refractivity contribution < 1.29 is 59.0 Å². The molecule has 0 spiro atoms. The molecular formula is C30H27F9N4O4. The molecule has 0 aliphatic rings. The van der Waals surface area contributed by atoms with E-state index < -0.39 is 71.4 Å². The van der Waals surface area contributed by atoms with Crippen molar-refractivity contribution in [2.75, 3.05) is 25.4 Å². The number of pyridine rings is 2. The number of aromatic nitrogens is 2. The fourth-order valence-corrected chi connectivity index (χ4v) is 4.41. The van der Waals surface area contributed by atoms with Crippen LogP contribution in [0.5, 0.6) is 11.5 Å². The van der Waals surface area contributed by atoms with Gasteiger partial charge in [-0.3, -0.25) is 9.78 Å². The predicted octanol–water partition coefficient (Wildman–Crippen LogP) is 6.83. The maximum absolute atomic E-state index is 15.7. The number of nitrogens with zero attached hydrogens (tertiary/aromatic N) is 3. The van der Waals surface area contributed by atoms with Gasteiger partial charge in [-0.2, -0.15) is 13.2 Å². The average molecular weight is 679 g/mol. The second-order valence-electron chi connectivity index (χ2n) is 9.71. The average Bonchev–Trinajstić information content (AvgIpc) is 3.02. The van der Waals surface area contributed by atoms with Crippen LogP contribution in [0.15, 0.2) is 54.7 Å². The minimum Gasteiger partial charge on any atom is -0.494 e. The van der Waals surface area contributed by atoms with Crippen molar-refractivity contribution in [1.82, 2.24) is 9.97 Å². The maximum atomic E-state index is 15.7. The van der Waals surface area contributed by atoms with Gasteiger partial charge in [-0.25, -0.2) is 32.1 Å². The molecule has 0 bridgehead atoms. The monoisotopic (exact) mass is 678 g/mol. The number of hydrogen-bond acceptors (Lipinski definition) is 7. The number of methoxy groups -OCH3 is 1. The van der Waals surface area contributed by atoms with Crippen molar-refractivity contribution in [1.29, 1.82) is 0 Å². The zero-order valence-corrected chi connectivity index (χ0v) is 24.5. The van der Waals surface area contributed by atoms with Crippen LogP contribution < -0.4 is 20.3 Å². The molecule has 2 heterocycles.